The third kappa shape index (κ3) is 3.82. The molecular formula is C17H25BrO. The number of halogens is 1. The molecule has 0 bridgehead atoms. The van der Waals surface area contributed by atoms with E-state index in [9.17, 15) is 5.11 Å². The summed E-state index contributed by atoms with van der Waals surface area (Å²) in [5.41, 5.74) is 1.03. The van der Waals surface area contributed by atoms with E-state index in [-0.39, 0.29) is 10.8 Å². The van der Waals surface area contributed by atoms with Gasteiger partial charge in [0.25, 0.3) is 0 Å². The Balaban J connectivity index is 2.25. The maximum atomic E-state index is 11.1. The Morgan fingerprint density at radius 3 is 2.05 bits per heavy atom. The molecule has 0 unspecified atom stereocenters. The van der Waals surface area contributed by atoms with Crippen molar-refractivity contribution in [3.63, 3.8) is 0 Å². The highest BCUT2D eigenvalue weighted by atomic mass is 79.9. The molecule has 1 nitrogen and oxygen atoms in total. The topological polar surface area (TPSA) is 20.2 Å². The number of rotatable bonds is 2. The summed E-state index contributed by atoms with van der Waals surface area (Å²) in [4.78, 5) is 0. The Hall–Kier alpha value is -0.340. The van der Waals surface area contributed by atoms with Crippen LogP contribution in [-0.4, -0.2) is 10.7 Å². The molecular weight excluding hydrogens is 300 g/mol. The average molecular weight is 325 g/mol. The summed E-state index contributed by atoms with van der Waals surface area (Å²) >= 11 is 3.59. The molecule has 0 aromatic heterocycles. The van der Waals surface area contributed by atoms with Crippen molar-refractivity contribution >= 4 is 15.9 Å². The van der Waals surface area contributed by atoms with Gasteiger partial charge >= 0.3 is 0 Å². The van der Waals surface area contributed by atoms with Gasteiger partial charge in [-0.05, 0) is 41.7 Å². The number of benzene rings is 1. The van der Waals surface area contributed by atoms with Crippen molar-refractivity contribution in [2.45, 2.75) is 59.0 Å². The molecule has 1 aliphatic carbocycles. The summed E-state index contributed by atoms with van der Waals surface area (Å²) in [5.74, 6) is 0. The van der Waals surface area contributed by atoms with Gasteiger partial charge in [-0.3, -0.25) is 0 Å². The second-order valence-electron chi connectivity index (χ2n) is 7.85. The van der Waals surface area contributed by atoms with E-state index in [4.69, 9.17) is 0 Å². The molecule has 1 saturated carbocycles. The third-order valence-electron chi connectivity index (χ3n) is 4.05. The minimum Gasteiger partial charge on any atom is -0.390 e. The van der Waals surface area contributed by atoms with Gasteiger partial charge in [-0.1, -0.05) is 61.8 Å². The van der Waals surface area contributed by atoms with Crippen molar-refractivity contribution < 1.29 is 5.11 Å². The normalized spacial score (nSPS) is 24.1. The maximum Gasteiger partial charge on any atom is 0.0698 e. The molecule has 0 saturated heterocycles. The van der Waals surface area contributed by atoms with E-state index < -0.39 is 5.60 Å². The van der Waals surface area contributed by atoms with Crippen LogP contribution in [-0.2, 0) is 6.42 Å². The molecule has 2 heteroatoms. The van der Waals surface area contributed by atoms with Crippen LogP contribution in [0.4, 0.5) is 0 Å². The molecule has 2 rings (SSSR count). The molecule has 1 N–H and O–H groups in total. The van der Waals surface area contributed by atoms with Crippen molar-refractivity contribution in [1.82, 2.24) is 0 Å². The minimum absolute atomic E-state index is 0.206. The van der Waals surface area contributed by atoms with E-state index in [0.717, 1.165) is 23.7 Å². The predicted octanol–water partition coefficient (Wildman–Crippen LogP) is 4.96. The van der Waals surface area contributed by atoms with Crippen molar-refractivity contribution in [3.8, 4) is 0 Å². The van der Waals surface area contributed by atoms with E-state index >= 15 is 0 Å². The average Bonchev–Trinajstić information content (AvgIpc) is 2.15. The first-order chi connectivity index (χ1) is 8.61. The lowest BCUT2D eigenvalue weighted by Crippen LogP contribution is -2.47. The molecule has 1 aromatic rings. The van der Waals surface area contributed by atoms with Crippen LogP contribution in [0.5, 0.6) is 0 Å². The predicted molar refractivity (Wildman–Crippen MR) is 84.2 cm³/mol. The van der Waals surface area contributed by atoms with Crippen LogP contribution in [0.15, 0.2) is 28.7 Å². The Labute approximate surface area is 125 Å². The summed E-state index contributed by atoms with van der Waals surface area (Å²) in [5, 5.41) is 11.1. The van der Waals surface area contributed by atoms with Crippen molar-refractivity contribution in [1.29, 1.82) is 0 Å². The molecule has 1 fully saturated rings. The number of aliphatic hydroxyl groups is 1. The standard InChI is InChI=1S/C17H25BrO/c1-15(2)10-16(3,4)12-17(19,11-15)9-13-7-5-6-8-14(13)18/h5-8,19H,9-12H2,1-4H3. The zero-order valence-corrected chi connectivity index (χ0v) is 14.0. The first-order valence-electron chi connectivity index (χ1n) is 7.07. The van der Waals surface area contributed by atoms with E-state index in [2.05, 4.69) is 55.8 Å². The molecule has 19 heavy (non-hydrogen) atoms. The molecule has 106 valence electrons. The molecule has 0 heterocycles. The van der Waals surface area contributed by atoms with Crippen LogP contribution in [0.25, 0.3) is 0 Å². The van der Waals surface area contributed by atoms with Gasteiger partial charge in [0.1, 0.15) is 0 Å². The first kappa shape index (κ1) is 15.1. The lowest BCUT2D eigenvalue weighted by Gasteiger charge is -2.49. The quantitative estimate of drug-likeness (QED) is 0.815. The molecule has 0 radical (unpaired) electrons. The van der Waals surface area contributed by atoms with Crippen LogP contribution in [0.3, 0.4) is 0 Å². The summed E-state index contributed by atoms with van der Waals surface area (Å²) < 4.78 is 1.10. The van der Waals surface area contributed by atoms with E-state index in [0.29, 0.717) is 0 Å². The SMILES string of the molecule is CC1(C)CC(C)(C)CC(O)(Cc2ccccc2Br)C1. The molecule has 1 aliphatic rings. The fraction of sp³-hybridized carbons (Fsp3) is 0.647. The van der Waals surface area contributed by atoms with Crippen molar-refractivity contribution in [2.24, 2.45) is 10.8 Å². The molecule has 0 aliphatic heterocycles. The molecule has 0 atom stereocenters. The van der Waals surface area contributed by atoms with E-state index in [1.165, 1.54) is 12.0 Å². The second kappa shape index (κ2) is 4.89. The molecule has 0 amide bonds. The lowest BCUT2D eigenvalue weighted by atomic mass is 9.58. The van der Waals surface area contributed by atoms with Gasteiger partial charge in [0.15, 0.2) is 0 Å². The third-order valence-corrected chi connectivity index (χ3v) is 4.82. The summed E-state index contributed by atoms with van der Waals surface area (Å²) in [6.07, 6.45) is 3.68. The van der Waals surface area contributed by atoms with Crippen molar-refractivity contribution in [3.05, 3.63) is 34.3 Å². The van der Waals surface area contributed by atoms with Gasteiger partial charge in [-0.15, -0.1) is 0 Å². The fourth-order valence-electron chi connectivity index (χ4n) is 4.39. The zero-order valence-electron chi connectivity index (χ0n) is 12.5. The van der Waals surface area contributed by atoms with Gasteiger partial charge in [0.05, 0.1) is 5.60 Å². The van der Waals surface area contributed by atoms with Crippen LogP contribution in [0.1, 0.15) is 52.5 Å². The summed E-state index contributed by atoms with van der Waals surface area (Å²) in [6, 6.07) is 8.23. The van der Waals surface area contributed by atoms with Gasteiger partial charge in [-0.2, -0.15) is 0 Å². The summed E-state index contributed by atoms with van der Waals surface area (Å²) in [7, 11) is 0. The van der Waals surface area contributed by atoms with Gasteiger partial charge in [-0.25, -0.2) is 0 Å². The Bertz CT molecular complexity index is 446. The minimum atomic E-state index is -0.588. The monoisotopic (exact) mass is 324 g/mol. The zero-order chi connectivity index (χ0) is 14.3. The van der Waals surface area contributed by atoms with Crippen LogP contribution in [0, 0.1) is 10.8 Å². The van der Waals surface area contributed by atoms with Gasteiger partial charge < -0.3 is 5.11 Å². The maximum absolute atomic E-state index is 11.1. The van der Waals surface area contributed by atoms with Crippen LogP contribution >= 0.6 is 15.9 Å². The van der Waals surface area contributed by atoms with Crippen molar-refractivity contribution in [2.75, 3.05) is 0 Å². The van der Waals surface area contributed by atoms with Gasteiger partial charge in [0.2, 0.25) is 0 Å². The highest BCUT2D eigenvalue weighted by Gasteiger charge is 2.46. The Kier molecular flexibility index (Phi) is 3.88. The fourth-order valence-corrected chi connectivity index (χ4v) is 4.81. The molecule has 1 aromatic carbocycles. The Morgan fingerprint density at radius 1 is 1.00 bits per heavy atom. The molecule has 0 spiro atoms. The van der Waals surface area contributed by atoms with Crippen LogP contribution in [0.2, 0.25) is 0 Å². The first-order valence-corrected chi connectivity index (χ1v) is 7.86. The number of hydrogen-bond donors (Lipinski definition) is 1. The lowest BCUT2D eigenvalue weighted by molar-refractivity contribution is -0.0851. The number of hydrogen-bond acceptors (Lipinski definition) is 1. The highest BCUT2D eigenvalue weighted by molar-refractivity contribution is 9.10. The highest BCUT2D eigenvalue weighted by Crippen LogP contribution is 2.51. The van der Waals surface area contributed by atoms with Crippen LogP contribution < -0.4 is 0 Å². The largest absolute Gasteiger partial charge is 0.390 e. The Morgan fingerprint density at radius 2 is 1.53 bits per heavy atom. The van der Waals surface area contributed by atoms with E-state index in [1.807, 2.05) is 12.1 Å². The van der Waals surface area contributed by atoms with Gasteiger partial charge in [0, 0.05) is 10.9 Å². The summed E-state index contributed by atoms with van der Waals surface area (Å²) in [6.45, 7) is 9.11. The van der Waals surface area contributed by atoms with E-state index in [1.54, 1.807) is 0 Å². The second-order valence-corrected chi connectivity index (χ2v) is 8.71. The smallest absolute Gasteiger partial charge is 0.0698 e.